The van der Waals surface area contributed by atoms with E-state index in [2.05, 4.69) is 15.4 Å². The summed E-state index contributed by atoms with van der Waals surface area (Å²) < 4.78 is 17.4. The number of hydrogen-bond acceptors (Lipinski definition) is 10. The van der Waals surface area contributed by atoms with E-state index >= 15 is 0 Å². The Bertz CT molecular complexity index is 1810. The van der Waals surface area contributed by atoms with E-state index < -0.39 is 34.5 Å². The number of amidine groups is 1. The number of esters is 1. The molecule has 0 radical (unpaired) electrons. The summed E-state index contributed by atoms with van der Waals surface area (Å²) >= 11 is 0. The number of amides is 3. The smallest absolute Gasteiger partial charge is 0.436 e. The van der Waals surface area contributed by atoms with Crippen LogP contribution in [0.2, 0.25) is 0 Å². The first-order valence-corrected chi connectivity index (χ1v) is 17.1. The Kier molecular flexibility index (Phi) is 12.0. The Morgan fingerprint density at radius 2 is 1.67 bits per heavy atom. The van der Waals surface area contributed by atoms with Crippen LogP contribution in [-0.4, -0.2) is 105 Å². The highest BCUT2D eigenvalue weighted by atomic mass is 16.6. The third-order valence-electron chi connectivity index (χ3n) is 8.31. The van der Waals surface area contributed by atoms with Gasteiger partial charge >= 0.3 is 12.1 Å². The minimum Gasteiger partial charge on any atom is -0.465 e. The third-order valence-corrected chi connectivity index (χ3v) is 8.31. The Morgan fingerprint density at radius 3 is 2.31 bits per heavy atom. The number of fused-ring (bicyclic) bond motifs is 1. The Labute approximate surface area is 300 Å². The predicted octanol–water partition coefficient (Wildman–Crippen LogP) is 3.29. The van der Waals surface area contributed by atoms with Crippen LogP contribution in [0.4, 0.5) is 10.5 Å². The number of aliphatic imine (C=N–C) groups is 1. The number of rotatable bonds is 10. The Hall–Kier alpha value is -5.64. The molecule has 276 valence electrons. The van der Waals surface area contributed by atoms with Gasteiger partial charge in [0.05, 0.1) is 30.4 Å². The molecule has 16 nitrogen and oxygen atoms in total. The van der Waals surface area contributed by atoms with Crippen LogP contribution < -0.4 is 5.32 Å². The zero-order chi connectivity index (χ0) is 37.4. The molecule has 0 aliphatic carbocycles. The third kappa shape index (κ3) is 9.99. The lowest BCUT2D eigenvalue weighted by atomic mass is 10.0. The summed E-state index contributed by atoms with van der Waals surface area (Å²) in [5.74, 6) is -0.873. The number of benzene rings is 2. The number of aromatic nitrogens is 2. The summed E-state index contributed by atoms with van der Waals surface area (Å²) in [7, 11) is 0. The number of ether oxygens (including phenoxy) is 3. The first kappa shape index (κ1) is 37.6. The number of non-ortho nitro benzene ring substituents is 1. The van der Waals surface area contributed by atoms with E-state index in [1.165, 1.54) is 16.8 Å². The second-order valence-corrected chi connectivity index (χ2v) is 13.4. The molecule has 3 amide bonds. The number of morpholine rings is 1. The fourth-order valence-corrected chi connectivity index (χ4v) is 5.87. The topological polar surface area (TPSA) is 188 Å². The highest BCUT2D eigenvalue weighted by Crippen LogP contribution is 2.21. The number of nitro benzene ring substituents is 1. The molecule has 2 aliphatic rings. The number of nitrogens with one attached hydrogen (secondary N) is 1. The van der Waals surface area contributed by atoms with Gasteiger partial charge in [0, 0.05) is 74.0 Å². The zero-order valence-corrected chi connectivity index (χ0v) is 29.7. The predicted molar refractivity (Wildman–Crippen MR) is 188 cm³/mol. The van der Waals surface area contributed by atoms with E-state index in [9.17, 15) is 29.3 Å². The molecule has 0 bridgehead atoms. The summed E-state index contributed by atoms with van der Waals surface area (Å²) in [6, 6.07) is 11.4. The average molecular weight is 718 g/mol. The van der Waals surface area contributed by atoms with E-state index in [0.717, 1.165) is 11.3 Å². The summed E-state index contributed by atoms with van der Waals surface area (Å²) in [6.45, 7) is 9.72. The van der Waals surface area contributed by atoms with Crippen molar-refractivity contribution in [2.24, 2.45) is 4.99 Å². The molecule has 1 atom stereocenters. The molecule has 2 aromatic carbocycles. The van der Waals surface area contributed by atoms with Gasteiger partial charge in [-0.05, 0) is 45.4 Å². The van der Waals surface area contributed by atoms with Gasteiger partial charge in [0.1, 0.15) is 24.0 Å². The molecule has 3 aromatic rings. The number of nitrogens with zero attached hydrogens (tertiary/aromatic N) is 6. The fraction of sp³-hybridized carbons (Fsp3) is 0.444. The van der Waals surface area contributed by atoms with Gasteiger partial charge in [-0.3, -0.25) is 29.2 Å². The van der Waals surface area contributed by atoms with Crippen molar-refractivity contribution in [3.8, 4) is 0 Å². The van der Waals surface area contributed by atoms with E-state index in [1.54, 1.807) is 75.2 Å². The molecule has 1 saturated heterocycles. The molecule has 52 heavy (non-hydrogen) atoms. The second kappa shape index (κ2) is 16.6. The Morgan fingerprint density at radius 1 is 1.00 bits per heavy atom. The summed E-state index contributed by atoms with van der Waals surface area (Å²) in [5.41, 5.74) is 2.21. The van der Waals surface area contributed by atoms with Gasteiger partial charge in [0.25, 0.3) is 11.6 Å². The molecular formula is C36H43N7O9. The van der Waals surface area contributed by atoms with Crippen molar-refractivity contribution in [1.82, 2.24) is 24.9 Å². The standard InChI is InChI=1S/C36H43N7O9/c1-5-51-31(44)23-42-22-27-21-41(15-14-29(27)39-42)34(46)30(20-24-6-12-28(13-7-24)43(48)49)37-33(45)26-10-8-25(9-11-26)32(40-16-18-50-19-17-40)38-35(47)52-36(2,3)4/h6-13,22,30H,5,14-21,23H2,1-4H3,(H,37,45)/t30-/m0/s1. The number of carbonyl (C=O) groups excluding carboxylic acids is 4. The summed E-state index contributed by atoms with van der Waals surface area (Å²) in [4.78, 5) is 71.0. The van der Waals surface area contributed by atoms with Gasteiger partial charge < -0.3 is 29.3 Å². The van der Waals surface area contributed by atoms with Crippen LogP contribution in [0.15, 0.2) is 59.7 Å². The van der Waals surface area contributed by atoms with Gasteiger partial charge in [0.15, 0.2) is 0 Å². The molecule has 0 spiro atoms. The highest BCUT2D eigenvalue weighted by molar-refractivity contribution is 6.05. The molecule has 1 aromatic heterocycles. The maximum Gasteiger partial charge on any atom is 0.436 e. The van der Waals surface area contributed by atoms with Crippen LogP contribution in [0.3, 0.4) is 0 Å². The number of nitro groups is 1. The Balaban J connectivity index is 1.35. The highest BCUT2D eigenvalue weighted by Gasteiger charge is 2.31. The first-order chi connectivity index (χ1) is 24.8. The minimum absolute atomic E-state index is 0.0484. The van der Waals surface area contributed by atoms with Crippen LogP contribution in [0.1, 0.15) is 60.4 Å². The van der Waals surface area contributed by atoms with E-state index in [0.29, 0.717) is 56.2 Å². The van der Waals surface area contributed by atoms with Crippen LogP contribution in [0.5, 0.6) is 0 Å². The van der Waals surface area contributed by atoms with Crippen molar-refractivity contribution >= 4 is 35.4 Å². The largest absolute Gasteiger partial charge is 0.465 e. The fourth-order valence-electron chi connectivity index (χ4n) is 5.87. The molecule has 16 heteroatoms. The van der Waals surface area contributed by atoms with E-state index in [-0.39, 0.29) is 43.3 Å². The zero-order valence-electron chi connectivity index (χ0n) is 29.7. The van der Waals surface area contributed by atoms with Crippen molar-refractivity contribution in [1.29, 1.82) is 0 Å². The molecule has 5 rings (SSSR count). The van der Waals surface area contributed by atoms with Crippen LogP contribution in [0, 0.1) is 10.1 Å². The average Bonchev–Trinajstić information content (AvgIpc) is 3.51. The minimum atomic E-state index is -1.01. The molecule has 1 N–H and O–H groups in total. The normalized spacial score (nSPS) is 15.3. The molecule has 1 fully saturated rings. The lowest BCUT2D eigenvalue weighted by molar-refractivity contribution is -0.384. The van der Waals surface area contributed by atoms with Crippen molar-refractivity contribution < 1.29 is 38.3 Å². The van der Waals surface area contributed by atoms with Gasteiger partial charge in [-0.15, -0.1) is 0 Å². The first-order valence-electron chi connectivity index (χ1n) is 17.1. The number of hydrogen-bond donors (Lipinski definition) is 1. The van der Waals surface area contributed by atoms with Gasteiger partial charge in [-0.1, -0.05) is 24.3 Å². The monoisotopic (exact) mass is 717 g/mol. The van der Waals surface area contributed by atoms with Gasteiger partial charge in [-0.2, -0.15) is 10.1 Å². The van der Waals surface area contributed by atoms with Crippen LogP contribution in [0.25, 0.3) is 0 Å². The van der Waals surface area contributed by atoms with E-state index in [4.69, 9.17) is 14.2 Å². The molecule has 0 unspecified atom stereocenters. The van der Waals surface area contributed by atoms with Crippen molar-refractivity contribution in [2.45, 2.75) is 65.3 Å². The maximum atomic E-state index is 14.1. The lowest BCUT2D eigenvalue weighted by Crippen LogP contribution is -2.50. The summed E-state index contributed by atoms with van der Waals surface area (Å²) in [5, 5.41) is 18.6. The quantitative estimate of drug-likeness (QED) is 0.107. The second-order valence-electron chi connectivity index (χ2n) is 13.4. The van der Waals surface area contributed by atoms with Crippen LogP contribution in [-0.2, 0) is 49.7 Å². The maximum absolute atomic E-state index is 14.1. The van der Waals surface area contributed by atoms with Crippen LogP contribution >= 0.6 is 0 Å². The molecule has 0 saturated carbocycles. The van der Waals surface area contributed by atoms with E-state index in [1.807, 2.05) is 4.90 Å². The summed E-state index contributed by atoms with van der Waals surface area (Å²) in [6.07, 6.45) is 1.51. The molecule has 3 heterocycles. The van der Waals surface area contributed by atoms with Gasteiger partial charge in [-0.25, -0.2) is 4.79 Å². The molecule has 2 aliphatic heterocycles. The number of carbonyl (C=O) groups is 4. The van der Waals surface area contributed by atoms with Crippen molar-refractivity contribution in [2.75, 3.05) is 39.5 Å². The van der Waals surface area contributed by atoms with Gasteiger partial charge in [0.2, 0.25) is 5.91 Å². The lowest BCUT2D eigenvalue weighted by Gasteiger charge is -2.30. The molecular weight excluding hydrogens is 674 g/mol. The van der Waals surface area contributed by atoms with Crippen molar-refractivity contribution in [3.05, 3.63) is 92.8 Å². The SMILES string of the molecule is CCOC(=O)Cn1cc2c(n1)CCN(C(=O)[C@H](Cc1ccc([N+](=O)[O-])cc1)NC(=O)c1ccc(C(=NC(=O)OC(C)(C)C)N3CCOCC3)cc1)C2. The van der Waals surface area contributed by atoms with Crippen molar-refractivity contribution in [3.63, 3.8) is 0 Å².